The van der Waals surface area contributed by atoms with Gasteiger partial charge in [-0.25, -0.2) is 0 Å². The van der Waals surface area contributed by atoms with Gasteiger partial charge in [-0.3, -0.25) is 0 Å². The summed E-state index contributed by atoms with van der Waals surface area (Å²) in [4.78, 5) is 0.869. The number of ether oxygens (including phenoxy) is 1. The molecule has 3 aromatic rings. The summed E-state index contributed by atoms with van der Waals surface area (Å²) in [5.41, 5.74) is 0.339. The fourth-order valence-electron chi connectivity index (χ4n) is 3.65. The Morgan fingerprint density at radius 3 is 2.83 bits per heavy atom. The molecule has 3 heterocycles. The van der Waals surface area contributed by atoms with Crippen LogP contribution in [0.25, 0.3) is 20.9 Å². The van der Waals surface area contributed by atoms with Crippen molar-refractivity contribution in [3.63, 3.8) is 0 Å². The fraction of sp³-hybridized carbons (Fsp3) is 0.412. The Kier molecular flexibility index (Phi) is 3.05. The van der Waals surface area contributed by atoms with Crippen molar-refractivity contribution in [2.24, 2.45) is 5.41 Å². The van der Waals surface area contributed by atoms with E-state index in [2.05, 4.69) is 16.3 Å². The molecule has 0 N–H and O–H groups in total. The minimum Gasteiger partial charge on any atom is -0.420 e. The Labute approximate surface area is 142 Å². The first-order valence-corrected chi connectivity index (χ1v) is 9.05. The van der Waals surface area contributed by atoms with Crippen LogP contribution in [0.15, 0.2) is 28.7 Å². The third kappa shape index (κ3) is 2.14. The highest BCUT2D eigenvalue weighted by atomic mass is 35.5. The number of fused-ring (bicyclic) bond motifs is 1. The van der Waals surface area contributed by atoms with Crippen molar-refractivity contribution in [1.82, 2.24) is 10.2 Å². The average Bonchev–Trinajstić information content (AvgIpc) is 2.96. The van der Waals surface area contributed by atoms with E-state index < -0.39 is 0 Å². The van der Waals surface area contributed by atoms with E-state index in [9.17, 15) is 0 Å². The predicted molar refractivity (Wildman–Crippen MR) is 90.0 cm³/mol. The fourth-order valence-corrected chi connectivity index (χ4v) is 5.08. The Bertz CT molecular complexity index is 882. The molecular formula is C17H15ClN2O2S. The molecule has 1 saturated carbocycles. The third-order valence-electron chi connectivity index (χ3n) is 5.15. The van der Waals surface area contributed by atoms with Crippen LogP contribution in [0.5, 0.6) is 0 Å². The van der Waals surface area contributed by atoms with Crippen molar-refractivity contribution >= 4 is 33.0 Å². The Morgan fingerprint density at radius 1 is 1.17 bits per heavy atom. The summed E-state index contributed by atoms with van der Waals surface area (Å²) in [5, 5.41) is 10.3. The number of benzene rings is 1. The lowest BCUT2D eigenvalue weighted by atomic mass is 9.94. The normalized spacial score (nSPS) is 22.7. The molecular weight excluding hydrogens is 332 g/mol. The molecule has 1 spiro atoms. The molecule has 0 radical (unpaired) electrons. The van der Waals surface area contributed by atoms with E-state index in [1.807, 2.05) is 18.2 Å². The summed E-state index contributed by atoms with van der Waals surface area (Å²) in [6.07, 6.45) is 3.33. The van der Waals surface area contributed by atoms with Crippen LogP contribution in [0.2, 0.25) is 5.02 Å². The zero-order valence-electron chi connectivity index (χ0n) is 12.4. The van der Waals surface area contributed by atoms with Gasteiger partial charge in [-0.2, -0.15) is 0 Å². The van der Waals surface area contributed by atoms with Gasteiger partial charge in [-0.15, -0.1) is 21.5 Å². The van der Waals surface area contributed by atoms with Gasteiger partial charge in [0, 0.05) is 29.2 Å². The van der Waals surface area contributed by atoms with Gasteiger partial charge in [-0.1, -0.05) is 29.8 Å². The molecule has 23 heavy (non-hydrogen) atoms. The van der Waals surface area contributed by atoms with Crippen molar-refractivity contribution in [2.45, 2.75) is 25.2 Å². The van der Waals surface area contributed by atoms with Gasteiger partial charge in [0.05, 0.1) is 5.02 Å². The SMILES string of the molecule is Clc1c(-c2nnc(C3CC34CCOCC4)o2)sc2ccccc12. The van der Waals surface area contributed by atoms with E-state index in [4.69, 9.17) is 20.8 Å². The van der Waals surface area contributed by atoms with E-state index in [0.717, 1.165) is 53.3 Å². The Hall–Kier alpha value is -1.43. The molecule has 1 saturated heterocycles. The number of rotatable bonds is 2. The molecule has 4 nitrogen and oxygen atoms in total. The number of nitrogens with zero attached hydrogens (tertiary/aromatic N) is 2. The minimum atomic E-state index is 0.339. The predicted octanol–water partition coefficient (Wildman–Crippen LogP) is 4.89. The number of hydrogen-bond donors (Lipinski definition) is 0. The highest BCUT2D eigenvalue weighted by molar-refractivity contribution is 7.23. The largest absolute Gasteiger partial charge is 0.420 e. The van der Waals surface area contributed by atoms with Crippen molar-refractivity contribution in [1.29, 1.82) is 0 Å². The van der Waals surface area contributed by atoms with Gasteiger partial charge in [0.25, 0.3) is 5.89 Å². The summed E-state index contributed by atoms with van der Waals surface area (Å²) in [6, 6.07) is 8.08. The van der Waals surface area contributed by atoms with Gasteiger partial charge >= 0.3 is 0 Å². The van der Waals surface area contributed by atoms with Crippen molar-refractivity contribution in [2.75, 3.05) is 13.2 Å². The van der Waals surface area contributed by atoms with Crippen molar-refractivity contribution in [3.8, 4) is 10.8 Å². The lowest BCUT2D eigenvalue weighted by Gasteiger charge is -2.21. The number of thiophene rings is 1. The molecule has 1 aromatic carbocycles. The summed E-state index contributed by atoms with van der Waals surface area (Å²) < 4.78 is 12.6. The molecule has 1 aliphatic carbocycles. The van der Waals surface area contributed by atoms with Gasteiger partial charge < -0.3 is 9.15 Å². The summed E-state index contributed by atoms with van der Waals surface area (Å²) in [7, 11) is 0. The van der Waals surface area contributed by atoms with E-state index >= 15 is 0 Å². The zero-order chi connectivity index (χ0) is 15.4. The molecule has 2 aliphatic rings. The van der Waals surface area contributed by atoms with Crippen molar-refractivity contribution < 1.29 is 9.15 Å². The Morgan fingerprint density at radius 2 is 2.00 bits per heavy atom. The van der Waals surface area contributed by atoms with E-state index in [1.165, 1.54) is 0 Å². The van der Waals surface area contributed by atoms with E-state index in [0.29, 0.717) is 22.2 Å². The van der Waals surface area contributed by atoms with Crippen LogP contribution < -0.4 is 0 Å². The maximum atomic E-state index is 6.50. The molecule has 118 valence electrons. The molecule has 6 heteroatoms. The molecule has 2 fully saturated rings. The monoisotopic (exact) mass is 346 g/mol. The Balaban J connectivity index is 1.48. The number of halogens is 1. The van der Waals surface area contributed by atoms with Crippen LogP contribution in [0.4, 0.5) is 0 Å². The quantitative estimate of drug-likeness (QED) is 0.663. The lowest BCUT2D eigenvalue weighted by molar-refractivity contribution is 0.0547. The first kappa shape index (κ1) is 14.0. The van der Waals surface area contributed by atoms with Crippen LogP contribution in [-0.4, -0.2) is 23.4 Å². The molecule has 5 rings (SSSR count). The highest BCUT2D eigenvalue weighted by Crippen LogP contribution is 2.64. The molecule has 1 aliphatic heterocycles. The van der Waals surface area contributed by atoms with Gasteiger partial charge in [0.1, 0.15) is 4.88 Å². The van der Waals surface area contributed by atoms with E-state index in [1.54, 1.807) is 11.3 Å². The second-order valence-electron chi connectivity index (χ2n) is 6.42. The highest BCUT2D eigenvalue weighted by Gasteiger charge is 2.57. The number of hydrogen-bond acceptors (Lipinski definition) is 5. The molecule has 0 bridgehead atoms. The van der Waals surface area contributed by atoms with E-state index in [-0.39, 0.29) is 0 Å². The lowest BCUT2D eigenvalue weighted by Crippen LogP contribution is -2.18. The van der Waals surface area contributed by atoms with Crippen LogP contribution in [0.1, 0.15) is 31.1 Å². The van der Waals surface area contributed by atoms with Crippen LogP contribution in [0, 0.1) is 5.41 Å². The smallest absolute Gasteiger partial charge is 0.259 e. The van der Waals surface area contributed by atoms with Gasteiger partial charge in [-0.05, 0) is 30.7 Å². The molecule has 2 aromatic heterocycles. The maximum Gasteiger partial charge on any atom is 0.259 e. The topological polar surface area (TPSA) is 48.2 Å². The second-order valence-corrected chi connectivity index (χ2v) is 7.85. The minimum absolute atomic E-state index is 0.339. The summed E-state index contributed by atoms with van der Waals surface area (Å²) >= 11 is 8.11. The zero-order valence-corrected chi connectivity index (χ0v) is 14.0. The van der Waals surface area contributed by atoms with Crippen LogP contribution >= 0.6 is 22.9 Å². The molecule has 1 unspecified atom stereocenters. The van der Waals surface area contributed by atoms with Crippen LogP contribution in [-0.2, 0) is 4.74 Å². The van der Waals surface area contributed by atoms with Crippen LogP contribution in [0.3, 0.4) is 0 Å². The standard InChI is InChI=1S/C17H15ClN2O2S/c18-13-10-3-1-2-4-12(10)23-14(13)16-20-19-15(22-16)11-9-17(11)5-7-21-8-6-17/h1-4,11H,5-9H2. The summed E-state index contributed by atoms with van der Waals surface area (Å²) in [5.74, 6) is 1.69. The third-order valence-corrected chi connectivity index (χ3v) is 6.81. The second kappa shape index (κ2) is 5.03. The van der Waals surface area contributed by atoms with Crippen molar-refractivity contribution in [3.05, 3.63) is 35.2 Å². The maximum absolute atomic E-state index is 6.50. The average molecular weight is 347 g/mol. The number of aromatic nitrogens is 2. The van der Waals surface area contributed by atoms with Gasteiger partial charge in [0.2, 0.25) is 5.89 Å². The van der Waals surface area contributed by atoms with Gasteiger partial charge in [0.15, 0.2) is 0 Å². The first-order valence-electron chi connectivity index (χ1n) is 7.85. The molecule has 1 atom stereocenters. The summed E-state index contributed by atoms with van der Waals surface area (Å²) in [6.45, 7) is 1.69. The first-order chi connectivity index (χ1) is 11.3. The molecule has 0 amide bonds.